The van der Waals surface area contributed by atoms with Crippen molar-refractivity contribution in [1.82, 2.24) is 0 Å². The number of halogens is 1. The zero-order valence-corrected chi connectivity index (χ0v) is 11.5. The van der Waals surface area contributed by atoms with E-state index in [1.165, 1.54) is 22.3 Å². The van der Waals surface area contributed by atoms with Gasteiger partial charge < -0.3 is 0 Å². The molecule has 0 aliphatic carbocycles. The van der Waals surface area contributed by atoms with E-state index < -0.39 is 0 Å². The third kappa shape index (κ3) is 2.32. The van der Waals surface area contributed by atoms with Gasteiger partial charge in [-0.15, -0.1) is 0 Å². The van der Waals surface area contributed by atoms with Crippen LogP contribution >= 0.6 is 11.6 Å². The Kier molecular flexibility index (Phi) is 3.53. The molecule has 0 fully saturated rings. The molecule has 92 valence electrons. The Hall–Kier alpha value is -1.60. The predicted octanol–water partition coefficient (Wildman–Crippen LogP) is 4.74. The van der Waals surface area contributed by atoms with Gasteiger partial charge in [0.2, 0.25) is 0 Å². The van der Waals surface area contributed by atoms with Crippen LogP contribution in [0.1, 0.15) is 27.0 Å². The molecule has 2 aromatic rings. The average molecular weight is 259 g/mol. The molecule has 0 aromatic heterocycles. The first-order valence-corrected chi connectivity index (χ1v) is 6.23. The zero-order chi connectivity index (χ0) is 13.3. The molecule has 2 aromatic carbocycles. The molecule has 0 atom stereocenters. The van der Waals surface area contributed by atoms with Crippen molar-refractivity contribution in [3.63, 3.8) is 0 Å². The maximum atomic E-state index is 11.0. The van der Waals surface area contributed by atoms with Crippen molar-refractivity contribution >= 4 is 17.9 Å². The first-order valence-electron chi connectivity index (χ1n) is 5.86. The summed E-state index contributed by atoms with van der Waals surface area (Å²) in [5.74, 6) is 0. The highest BCUT2D eigenvalue weighted by molar-refractivity contribution is 6.33. The van der Waals surface area contributed by atoms with Gasteiger partial charge >= 0.3 is 0 Å². The molecule has 0 aliphatic heterocycles. The lowest BCUT2D eigenvalue weighted by Gasteiger charge is -2.12. The van der Waals surface area contributed by atoms with E-state index in [4.69, 9.17) is 11.6 Å². The van der Waals surface area contributed by atoms with Gasteiger partial charge in [-0.1, -0.05) is 35.4 Å². The molecule has 0 N–H and O–H groups in total. The number of benzene rings is 2. The van der Waals surface area contributed by atoms with Crippen LogP contribution < -0.4 is 0 Å². The van der Waals surface area contributed by atoms with Crippen LogP contribution in [0.3, 0.4) is 0 Å². The SMILES string of the molecule is Cc1cc(C)c(-c2ccc(Cl)c(C=O)c2)c(C)c1. The highest BCUT2D eigenvalue weighted by atomic mass is 35.5. The topological polar surface area (TPSA) is 17.1 Å². The fourth-order valence-corrected chi connectivity index (χ4v) is 2.59. The third-order valence-corrected chi connectivity index (χ3v) is 3.43. The minimum absolute atomic E-state index is 0.496. The fourth-order valence-electron chi connectivity index (χ4n) is 2.42. The van der Waals surface area contributed by atoms with Gasteiger partial charge in [0, 0.05) is 5.56 Å². The Labute approximate surface area is 112 Å². The Bertz CT molecular complexity index is 591. The summed E-state index contributed by atoms with van der Waals surface area (Å²) >= 11 is 5.96. The van der Waals surface area contributed by atoms with Crippen LogP contribution in [0, 0.1) is 20.8 Å². The second-order valence-corrected chi connectivity index (χ2v) is 5.04. The summed E-state index contributed by atoms with van der Waals surface area (Å²) in [4.78, 5) is 11.0. The molecular formula is C16H15ClO. The largest absolute Gasteiger partial charge is 0.298 e. The lowest BCUT2D eigenvalue weighted by Crippen LogP contribution is -1.92. The molecule has 0 unspecified atom stereocenters. The zero-order valence-electron chi connectivity index (χ0n) is 10.8. The van der Waals surface area contributed by atoms with E-state index in [-0.39, 0.29) is 0 Å². The van der Waals surface area contributed by atoms with Gasteiger partial charge in [-0.3, -0.25) is 4.79 Å². The normalized spacial score (nSPS) is 10.4. The summed E-state index contributed by atoms with van der Waals surface area (Å²) in [6, 6.07) is 9.88. The second-order valence-electron chi connectivity index (χ2n) is 4.63. The van der Waals surface area contributed by atoms with Crippen LogP contribution in [-0.2, 0) is 0 Å². The molecule has 0 saturated carbocycles. The van der Waals surface area contributed by atoms with Gasteiger partial charge in [-0.05, 0) is 55.2 Å². The van der Waals surface area contributed by atoms with Crippen LogP contribution in [-0.4, -0.2) is 6.29 Å². The Balaban J connectivity index is 2.66. The van der Waals surface area contributed by atoms with E-state index in [1.54, 1.807) is 6.07 Å². The molecule has 0 spiro atoms. The number of aldehydes is 1. The number of carbonyl (C=O) groups is 1. The van der Waals surface area contributed by atoms with E-state index in [2.05, 4.69) is 32.9 Å². The van der Waals surface area contributed by atoms with Crippen molar-refractivity contribution in [3.8, 4) is 11.1 Å². The van der Waals surface area contributed by atoms with Gasteiger partial charge in [0.1, 0.15) is 0 Å². The average Bonchev–Trinajstić information content (AvgIpc) is 2.30. The van der Waals surface area contributed by atoms with Crippen molar-refractivity contribution in [2.24, 2.45) is 0 Å². The molecule has 1 nitrogen and oxygen atoms in total. The summed E-state index contributed by atoms with van der Waals surface area (Å²) < 4.78 is 0. The minimum Gasteiger partial charge on any atom is -0.298 e. The fraction of sp³-hybridized carbons (Fsp3) is 0.188. The lowest BCUT2D eigenvalue weighted by atomic mass is 9.93. The smallest absolute Gasteiger partial charge is 0.151 e. The molecule has 2 rings (SSSR count). The Morgan fingerprint density at radius 2 is 1.61 bits per heavy atom. The number of carbonyl (C=O) groups excluding carboxylic acids is 1. The van der Waals surface area contributed by atoms with Gasteiger partial charge in [-0.2, -0.15) is 0 Å². The van der Waals surface area contributed by atoms with Crippen molar-refractivity contribution in [2.75, 3.05) is 0 Å². The Morgan fingerprint density at radius 3 is 2.17 bits per heavy atom. The van der Waals surface area contributed by atoms with Crippen molar-refractivity contribution < 1.29 is 4.79 Å². The maximum Gasteiger partial charge on any atom is 0.151 e. The molecule has 0 saturated heterocycles. The van der Waals surface area contributed by atoms with Crippen LogP contribution in [0.25, 0.3) is 11.1 Å². The van der Waals surface area contributed by atoms with E-state index in [9.17, 15) is 4.79 Å². The number of aryl methyl sites for hydroxylation is 3. The van der Waals surface area contributed by atoms with E-state index in [1.807, 2.05) is 12.1 Å². The van der Waals surface area contributed by atoms with Gasteiger partial charge in [0.05, 0.1) is 5.02 Å². The molecular weight excluding hydrogens is 244 g/mol. The van der Waals surface area contributed by atoms with Gasteiger partial charge in [0.15, 0.2) is 6.29 Å². The van der Waals surface area contributed by atoms with Gasteiger partial charge in [0.25, 0.3) is 0 Å². The predicted molar refractivity (Wildman–Crippen MR) is 76.5 cm³/mol. The Morgan fingerprint density at radius 1 is 1.00 bits per heavy atom. The summed E-state index contributed by atoms with van der Waals surface area (Å²) in [6.07, 6.45) is 0.796. The number of hydrogen-bond acceptors (Lipinski definition) is 1. The highest BCUT2D eigenvalue weighted by Crippen LogP contribution is 2.30. The molecule has 2 heteroatoms. The van der Waals surface area contributed by atoms with E-state index in [0.29, 0.717) is 10.6 Å². The van der Waals surface area contributed by atoms with Crippen LogP contribution in [0.15, 0.2) is 30.3 Å². The van der Waals surface area contributed by atoms with Crippen LogP contribution in [0.4, 0.5) is 0 Å². The second kappa shape index (κ2) is 4.95. The molecule has 0 bridgehead atoms. The van der Waals surface area contributed by atoms with E-state index >= 15 is 0 Å². The van der Waals surface area contributed by atoms with Crippen molar-refractivity contribution in [3.05, 3.63) is 57.6 Å². The standard InChI is InChI=1S/C16H15ClO/c1-10-6-11(2)16(12(3)7-10)13-4-5-15(17)14(8-13)9-18/h4-9H,1-3H3. The first kappa shape index (κ1) is 12.8. The molecule has 0 aliphatic rings. The summed E-state index contributed by atoms with van der Waals surface area (Å²) in [7, 11) is 0. The van der Waals surface area contributed by atoms with Crippen LogP contribution in [0.5, 0.6) is 0 Å². The highest BCUT2D eigenvalue weighted by Gasteiger charge is 2.08. The number of rotatable bonds is 2. The van der Waals surface area contributed by atoms with Crippen LogP contribution in [0.2, 0.25) is 5.02 Å². The minimum atomic E-state index is 0.496. The number of hydrogen-bond donors (Lipinski definition) is 0. The maximum absolute atomic E-state index is 11.0. The summed E-state index contributed by atoms with van der Waals surface area (Å²) in [5.41, 5.74) is 6.43. The summed E-state index contributed by atoms with van der Waals surface area (Å²) in [6.45, 7) is 6.26. The molecule has 0 heterocycles. The first-order chi connectivity index (χ1) is 8.52. The lowest BCUT2D eigenvalue weighted by molar-refractivity contribution is 0.112. The van der Waals surface area contributed by atoms with Crippen molar-refractivity contribution in [2.45, 2.75) is 20.8 Å². The van der Waals surface area contributed by atoms with Crippen molar-refractivity contribution in [1.29, 1.82) is 0 Å². The van der Waals surface area contributed by atoms with E-state index in [0.717, 1.165) is 11.8 Å². The van der Waals surface area contributed by atoms with Gasteiger partial charge in [-0.25, -0.2) is 0 Å². The quantitative estimate of drug-likeness (QED) is 0.711. The third-order valence-electron chi connectivity index (χ3n) is 3.09. The monoisotopic (exact) mass is 258 g/mol. The molecule has 0 radical (unpaired) electrons. The molecule has 0 amide bonds. The molecule has 18 heavy (non-hydrogen) atoms. The summed E-state index contributed by atoms with van der Waals surface area (Å²) in [5, 5.41) is 0.496.